The lowest BCUT2D eigenvalue weighted by molar-refractivity contribution is -0.143. The molecule has 0 bridgehead atoms. The second kappa shape index (κ2) is 10.3. The highest BCUT2D eigenvalue weighted by atomic mass is 16.5. The average Bonchev–Trinajstić information content (AvgIpc) is 2.74. The van der Waals surface area contributed by atoms with Gasteiger partial charge < -0.3 is 9.84 Å². The molecule has 1 saturated carbocycles. The summed E-state index contributed by atoms with van der Waals surface area (Å²) in [6.45, 7) is 3.67. The van der Waals surface area contributed by atoms with Crippen LogP contribution in [0, 0.1) is 11.8 Å². The van der Waals surface area contributed by atoms with Gasteiger partial charge in [-0.2, -0.15) is 0 Å². The smallest absolute Gasteiger partial charge is 0.305 e. The maximum Gasteiger partial charge on any atom is 0.305 e. The number of unbranched alkanes of at least 4 members (excludes halogenated alkanes) is 3. The summed E-state index contributed by atoms with van der Waals surface area (Å²) in [7, 11) is 0. The molecule has 0 aromatic rings. The lowest BCUT2D eigenvalue weighted by Crippen LogP contribution is -2.18. The zero-order valence-electron chi connectivity index (χ0n) is 14.1. The lowest BCUT2D eigenvalue weighted by Gasteiger charge is -2.17. The Kier molecular flexibility index (Phi) is 8.77. The van der Waals surface area contributed by atoms with Crippen LogP contribution in [0.4, 0.5) is 0 Å². The quantitative estimate of drug-likeness (QED) is 0.379. The Balaban J connectivity index is 2.30. The highest BCUT2D eigenvalue weighted by Crippen LogP contribution is 2.34. The molecule has 23 heavy (non-hydrogen) atoms. The predicted molar refractivity (Wildman–Crippen MR) is 86.8 cm³/mol. The van der Waals surface area contributed by atoms with Gasteiger partial charge in [0.15, 0.2) is 5.78 Å². The van der Waals surface area contributed by atoms with E-state index in [1.165, 1.54) is 13.0 Å². The largest absolute Gasteiger partial charge is 0.466 e. The highest BCUT2D eigenvalue weighted by molar-refractivity contribution is 5.88. The van der Waals surface area contributed by atoms with E-state index in [1.807, 2.05) is 0 Å². The van der Waals surface area contributed by atoms with Crippen LogP contribution in [0.3, 0.4) is 0 Å². The normalized spacial score (nSPS) is 24.3. The minimum Gasteiger partial charge on any atom is -0.466 e. The molecule has 1 N–H and O–H groups in total. The number of hydrogen-bond acceptors (Lipinski definition) is 5. The van der Waals surface area contributed by atoms with Gasteiger partial charge in [0.25, 0.3) is 0 Å². The zero-order chi connectivity index (χ0) is 17.2. The minimum atomic E-state index is -0.674. The number of carbonyl (C=O) groups excluding carboxylic acids is 3. The van der Waals surface area contributed by atoms with Crippen molar-refractivity contribution in [3.05, 3.63) is 12.2 Å². The van der Waals surface area contributed by atoms with Gasteiger partial charge >= 0.3 is 5.97 Å². The Morgan fingerprint density at radius 1 is 1.26 bits per heavy atom. The van der Waals surface area contributed by atoms with Crippen LogP contribution in [0.1, 0.15) is 58.8 Å². The zero-order valence-corrected chi connectivity index (χ0v) is 14.1. The molecule has 0 heterocycles. The molecule has 0 aromatic heterocycles. The second-order valence-electron chi connectivity index (χ2n) is 6.15. The number of Topliss-reactive ketones (excluding diaryl/α,β-unsaturated/α-hetero) is 1. The lowest BCUT2D eigenvalue weighted by atomic mass is 9.88. The van der Waals surface area contributed by atoms with E-state index in [-0.39, 0.29) is 35.8 Å². The molecule has 0 saturated heterocycles. The van der Waals surface area contributed by atoms with Crippen molar-refractivity contribution in [2.24, 2.45) is 11.8 Å². The van der Waals surface area contributed by atoms with E-state index in [0.717, 1.165) is 32.1 Å². The predicted octanol–water partition coefficient (Wildman–Crippen LogP) is 2.60. The summed E-state index contributed by atoms with van der Waals surface area (Å²) in [5, 5.41) is 9.96. The molecule has 5 heteroatoms. The van der Waals surface area contributed by atoms with E-state index in [0.29, 0.717) is 13.0 Å². The fourth-order valence-corrected chi connectivity index (χ4v) is 3.06. The van der Waals surface area contributed by atoms with E-state index in [1.54, 1.807) is 13.0 Å². The fourth-order valence-electron chi connectivity index (χ4n) is 3.06. The summed E-state index contributed by atoms with van der Waals surface area (Å²) in [4.78, 5) is 34.2. The molecule has 3 atom stereocenters. The van der Waals surface area contributed by atoms with Gasteiger partial charge in [-0.3, -0.25) is 14.4 Å². The van der Waals surface area contributed by atoms with Crippen LogP contribution in [-0.2, 0) is 19.1 Å². The van der Waals surface area contributed by atoms with Gasteiger partial charge in [-0.15, -0.1) is 0 Å². The van der Waals surface area contributed by atoms with E-state index < -0.39 is 6.10 Å². The Morgan fingerprint density at radius 2 is 1.96 bits per heavy atom. The van der Waals surface area contributed by atoms with Crippen LogP contribution in [0.2, 0.25) is 0 Å². The number of allylic oxidation sites excluding steroid dienone is 1. The Bertz CT molecular complexity index is 441. The molecule has 0 unspecified atom stereocenters. The molecule has 1 aliphatic rings. The monoisotopic (exact) mass is 324 g/mol. The van der Waals surface area contributed by atoms with Crippen molar-refractivity contribution in [2.75, 3.05) is 6.61 Å². The molecule has 1 rings (SSSR count). The molecule has 5 nitrogen and oxygen atoms in total. The van der Waals surface area contributed by atoms with Crippen LogP contribution in [0.25, 0.3) is 0 Å². The standard InChI is InChI=1S/C18H28O5/c1-3-23-18(22)9-7-5-4-6-8-14-15(11-10-13(2)19)17(21)12-16(14)20/h10-11,14-15,17,21H,3-9,12H2,1-2H3/b11-10+/t14-,15+,17+/m0/s1. The van der Waals surface area contributed by atoms with Gasteiger partial charge in [0.2, 0.25) is 0 Å². The first-order chi connectivity index (χ1) is 11.0. The third kappa shape index (κ3) is 7.08. The van der Waals surface area contributed by atoms with E-state index >= 15 is 0 Å². The summed E-state index contributed by atoms with van der Waals surface area (Å²) in [5.74, 6) is -0.580. The van der Waals surface area contributed by atoms with Crippen molar-refractivity contribution in [3.63, 3.8) is 0 Å². The summed E-state index contributed by atoms with van der Waals surface area (Å²) >= 11 is 0. The van der Waals surface area contributed by atoms with Crippen molar-refractivity contribution in [2.45, 2.75) is 64.9 Å². The number of carbonyl (C=O) groups is 3. The van der Waals surface area contributed by atoms with Crippen LogP contribution in [0.5, 0.6) is 0 Å². The van der Waals surface area contributed by atoms with E-state index in [9.17, 15) is 19.5 Å². The molecule has 1 fully saturated rings. The van der Waals surface area contributed by atoms with Gasteiger partial charge in [-0.05, 0) is 32.8 Å². The number of aliphatic hydroxyl groups excluding tert-OH is 1. The summed E-state index contributed by atoms with van der Waals surface area (Å²) in [6, 6.07) is 0. The molecule has 0 amide bonds. The van der Waals surface area contributed by atoms with Crippen molar-refractivity contribution in [1.82, 2.24) is 0 Å². The third-order valence-corrected chi connectivity index (χ3v) is 4.24. The first-order valence-corrected chi connectivity index (χ1v) is 8.50. The van der Waals surface area contributed by atoms with Crippen molar-refractivity contribution in [3.8, 4) is 0 Å². The number of esters is 1. The SMILES string of the molecule is CCOC(=O)CCCCCC[C@@H]1C(=O)C[C@@H](O)[C@@H]1/C=C/C(C)=O. The molecule has 0 radical (unpaired) electrons. The molecule has 1 aliphatic carbocycles. The second-order valence-corrected chi connectivity index (χ2v) is 6.15. The molecular weight excluding hydrogens is 296 g/mol. The minimum absolute atomic E-state index is 0.0748. The molecule has 130 valence electrons. The van der Waals surface area contributed by atoms with Crippen LogP contribution in [0.15, 0.2) is 12.2 Å². The van der Waals surface area contributed by atoms with Gasteiger partial charge in [-0.25, -0.2) is 0 Å². The number of ketones is 2. The Morgan fingerprint density at radius 3 is 2.61 bits per heavy atom. The van der Waals surface area contributed by atoms with Crippen LogP contribution < -0.4 is 0 Å². The first kappa shape index (κ1) is 19.6. The number of aliphatic hydroxyl groups is 1. The van der Waals surface area contributed by atoms with Crippen molar-refractivity contribution < 1.29 is 24.2 Å². The maximum atomic E-state index is 12.0. The number of rotatable bonds is 10. The third-order valence-electron chi connectivity index (χ3n) is 4.24. The molecule has 0 aromatic carbocycles. The molecule has 0 aliphatic heterocycles. The Labute approximate surface area is 138 Å². The van der Waals surface area contributed by atoms with E-state index in [4.69, 9.17) is 4.74 Å². The first-order valence-electron chi connectivity index (χ1n) is 8.50. The van der Waals surface area contributed by atoms with Crippen molar-refractivity contribution in [1.29, 1.82) is 0 Å². The number of hydrogen-bond donors (Lipinski definition) is 1. The average molecular weight is 324 g/mol. The summed E-state index contributed by atoms with van der Waals surface area (Å²) < 4.78 is 4.87. The maximum absolute atomic E-state index is 12.0. The van der Waals surface area contributed by atoms with Gasteiger partial charge in [0, 0.05) is 24.7 Å². The van der Waals surface area contributed by atoms with Crippen LogP contribution in [-0.4, -0.2) is 35.4 Å². The summed E-state index contributed by atoms with van der Waals surface area (Å²) in [5.41, 5.74) is 0. The Hall–Kier alpha value is -1.49. The van der Waals surface area contributed by atoms with E-state index in [2.05, 4.69) is 0 Å². The van der Waals surface area contributed by atoms with Gasteiger partial charge in [0.1, 0.15) is 5.78 Å². The van der Waals surface area contributed by atoms with Crippen LogP contribution >= 0.6 is 0 Å². The van der Waals surface area contributed by atoms with Gasteiger partial charge in [0.05, 0.1) is 12.7 Å². The molecular formula is C18H28O5. The highest BCUT2D eigenvalue weighted by Gasteiger charge is 2.39. The summed E-state index contributed by atoms with van der Waals surface area (Å²) in [6.07, 6.45) is 7.36. The molecule has 0 spiro atoms. The fraction of sp³-hybridized carbons (Fsp3) is 0.722. The topological polar surface area (TPSA) is 80.7 Å². The number of ether oxygens (including phenoxy) is 1. The van der Waals surface area contributed by atoms with Gasteiger partial charge in [-0.1, -0.05) is 25.3 Å². The van der Waals surface area contributed by atoms with Crippen molar-refractivity contribution >= 4 is 17.5 Å².